The molecule has 3 rings (SSSR count). The maximum absolute atomic E-state index is 12.1. The minimum atomic E-state index is -0.410. The number of benzene rings is 2. The molecule has 0 saturated carbocycles. The van der Waals surface area contributed by atoms with Gasteiger partial charge in [-0.15, -0.1) is 11.3 Å². The van der Waals surface area contributed by atoms with Crippen LogP contribution in [0.25, 0.3) is 27.8 Å². The highest BCUT2D eigenvalue weighted by Gasteiger charge is 2.17. The predicted octanol–water partition coefficient (Wildman–Crippen LogP) is 5.23. The van der Waals surface area contributed by atoms with Crippen molar-refractivity contribution in [2.75, 3.05) is 14.2 Å². The average molecular weight is 350 g/mol. The molecule has 0 fully saturated rings. The molecule has 0 aliphatic carbocycles. The third kappa shape index (κ3) is 3.80. The number of carbonyl (C=O) groups excluding carboxylic acids is 1. The van der Waals surface area contributed by atoms with Gasteiger partial charge in [0.05, 0.1) is 20.5 Å². The summed E-state index contributed by atoms with van der Waals surface area (Å²) in [5.41, 5.74) is 3.45. The summed E-state index contributed by atoms with van der Waals surface area (Å²) in [6.45, 7) is 0. The number of ether oxygens (including phenoxy) is 2. The van der Waals surface area contributed by atoms with Crippen LogP contribution in [0.1, 0.15) is 16.7 Å². The summed E-state index contributed by atoms with van der Waals surface area (Å²) in [5, 5.41) is 2.96. The van der Waals surface area contributed by atoms with Crippen molar-refractivity contribution in [3.8, 4) is 0 Å². The summed E-state index contributed by atoms with van der Waals surface area (Å²) >= 11 is 1.59. The molecule has 0 bridgehead atoms. The Hall–Kier alpha value is -2.85. The molecule has 0 aliphatic rings. The Morgan fingerprint density at radius 3 is 2.48 bits per heavy atom. The van der Waals surface area contributed by atoms with Gasteiger partial charge in [-0.1, -0.05) is 48.6 Å². The van der Waals surface area contributed by atoms with Gasteiger partial charge in [0.25, 0.3) is 0 Å². The number of esters is 1. The van der Waals surface area contributed by atoms with Crippen LogP contribution < -0.4 is 0 Å². The first-order valence-electron chi connectivity index (χ1n) is 7.79. The van der Waals surface area contributed by atoms with Crippen LogP contribution in [-0.4, -0.2) is 20.2 Å². The molecule has 0 saturated heterocycles. The van der Waals surface area contributed by atoms with Gasteiger partial charge >= 0.3 is 5.97 Å². The van der Waals surface area contributed by atoms with Gasteiger partial charge in [-0.05, 0) is 23.3 Å². The van der Waals surface area contributed by atoms with E-state index in [0.717, 1.165) is 26.8 Å². The fourth-order valence-corrected chi connectivity index (χ4v) is 3.51. The molecule has 0 unspecified atom stereocenters. The van der Waals surface area contributed by atoms with Crippen LogP contribution >= 0.6 is 11.3 Å². The Morgan fingerprint density at radius 2 is 1.76 bits per heavy atom. The van der Waals surface area contributed by atoms with Gasteiger partial charge in [-0.3, -0.25) is 0 Å². The molecule has 0 amide bonds. The number of methoxy groups -OCH3 is 2. The lowest BCUT2D eigenvalue weighted by Crippen LogP contribution is -2.03. The van der Waals surface area contributed by atoms with E-state index in [1.165, 1.54) is 20.5 Å². The van der Waals surface area contributed by atoms with Crippen LogP contribution in [-0.2, 0) is 14.3 Å². The third-order valence-electron chi connectivity index (χ3n) is 3.80. The summed E-state index contributed by atoms with van der Waals surface area (Å²) in [7, 11) is 2.89. The second-order valence-electron chi connectivity index (χ2n) is 5.41. The number of carbonyl (C=O) groups is 1. The van der Waals surface area contributed by atoms with E-state index in [-0.39, 0.29) is 0 Å². The van der Waals surface area contributed by atoms with Crippen molar-refractivity contribution < 1.29 is 14.3 Å². The maximum Gasteiger partial charge on any atom is 0.341 e. The van der Waals surface area contributed by atoms with Crippen LogP contribution in [0, 0.1) is 0 Å². The lowest BCUT2D eigenvalue weighted by atomic mass is 10.0. The first kappa shape index (κ1) is 17.0. The number of rotatable bonds is 5. The van der Waals surface area contributed by atoms with Gasteiger partial charge in [0.15, 0.2) is 0 Å². The summed E-state index contributed by atoms with van der Waals surface area (Å²) in [6.07, 6.45) is 5.56. The standard InChI is InChI=1S/C21H18O3S/c1-23-13-18(21(22)24-2)19-14-25-20-11-10-16(12-17(19)20)9-8-15-6-4-3-5-7-15/h3-14H,1-2H3. The Balaban J connectivity index is 2.01. The quantitative estimate of drug-likeness (QED) is 0.273. The molecule has 0 N–H and O–H groups in total. The summed E-state index contributed by atoms with van der Waals surface area (Å²) in [6, 6.07) is 16.3. The Morgan fingerprint density at radius 1 is 1.00 bits per heavy atom. The van der Waals surface area contributed by atoms with Gasteiger partial charge < -0.3 is 9.47 Å². The fraction of sp³-hybridized carbons (Fsp3) is 0.0952. The van der Waals surface area contributed by atoms with Crippen LogP contribution in [0.5, 0.6) is 0 Å². The van der Waals surface area contributed by atoms with E-state index in [2.05, 4.69) is 42.5 Å². The smallest absolute Gasteiger partial charge is 0.341 e. The maximum atomic E-state index is 12.1. The molecule has 0 atom stereocenters. The zero-order valence-corrected chi connectivity index (χ0v) is 14.9. The highest BCUT2D eigenvalue weighted by atomic mass is 32.1. The topological polar surface area (TPSA) is 35.5 Å². The molecule has 4 heteroatoms. The molecule has 0 radical (unpaired) electrons. The minimum Gasteiger partial charge on any atom is -0.503 e. The van der Waals surface area contributed by atoms with Crippen molar-refractivity contribution in [1.29, 1.82) is 0 Å². The van der Waals surface area contributed by atoms with Crippen molar-refractivity contribution >= 4 is 45.1 Å². The molecular weight excluding hydrogens is 332 g/mol. The van der Waals surface area contributed by atoms with E-state index in [1.54, 1.807) is 11.3 Å². The Labute approximate surface area is 150 Å². The van der Waals surface area contributed by atoms with Crippen molar-refractivity contribution in [3.63, 3.8) is 0 Å². The van der Waals surface area contributed by atoms with Crippen molar-refractivity contribution in [3.05, 3.63) is 76.9 Å². The largest absolute Gasteiger partial charge is 0.503 e. The van der Waals surface area contributed by atoms with Gasteiger partial charge in [0.2, 0.25) is 0 Å². The van der Waals surface area contributed by atoms with Crippen LogP contribution in [0.3, 0.4) is 0 Å². The van der Waals surface area contributed by atoms with Crippen LogP contribution in [0.4, 0.5) is 0 Å². The lowest BCUT2D eigenvalue weighted by molar-refractivity contribution is -0.133. The van der Waals surface area contributed by atoms with Gasteiger partial charge in [0, 0.05) is 21.0 Å². The summed E-state index contributed by atoms with van der Waals surface area (Å²) < 4.78 is 11.0. The second-order valence-corrected chi connectivity index (χ2v) is 6.32. The van der Waals surface area contributed by atoms with Gasteiger partial charge in [-0.2, -0.15) is 0 Å². The number of hydrogen-bond donors (Lipinski definition) is 0. The zero-order chi connectivity index (χ0) is 17.6. The molecule has 25 heavy (non-hydrogen) atoms. The molecule has 126 valence electrons. The normalized spacial score (nSPS) is 11.8. The average Bonchev–Trinajstić information content (AvgIpc) is 3.07. The SMILES string of the molecule is COC=C(C(=O)OC)c1csc2ccc(C=Cc3ccccc3)cc12. The van der Waals surface area contributed by atoms with Crippen LogP contribution in [0.2, 0.25) is 0 Å². The number of hydrogen-bond acceptors (Lipinski definition) is 4. The summed E-state index contributed by atoms with van der Waals surface area (Å²) in [5.74, 6) is -0.410. The van der Waals surface area contributed by atoms with Crippen molar-refractivity contribution in [1.82, 2.24) is 0 Å². The van der Waals surface area contributed by atoms with Gasteiger partial charge in [-0.25, -0.2) is 4.79 Å². The number of fused-ring (bicyclic) bond motifs is 1. The Bertz CT molecular complexity index is 936. The highest BCUT2D eigenvalue weighted by molar-refractivity contribution is 7.17. The molecular formula is C21H18O3S. The molecule has 3 nitrogen and oxygen atoms in total. The van der Waals surface area contributed by atoms with E-state index in [0.29, 0.717) is 5.57 Å². The molecule has 2 aromatic carbocycles. The molecule has 1 heterocycles. The predicted molar refractivity (Wildman–Crippen MR) is 104 cm³/mol. The second kappa shape index (κ2) is 7.81. The zero-order valence-electron chi connectivity index (χ0n) is 14.1. The Kier molecular flexibility index (Phi) is 5.31. The lowest BCUT2D eigenvalue weighted by Gasteiger charge is -2.05. The van der Waals surface area contributed by atoms with E-state index < -0.39 is 5.97 Å². The van der Waals surface area contributed by atoms with E-state index >= 15 is 0 Å². The van der Waals surface area contributed by atoms with E-state index in [4.69, 9.17) is 9.47 Å². The first-order chi connectivity index (χ1) is 12.2. The minimum absolute atomic E-state index is 0.410. The monoisotopic (exact) mass is 350 g/mol. The molecule has 0 spiro atoms. The first-order valence-corrected chi connectivity index (χ1v) is 8.67. The third-order valence-corrected chi connectivity index (χ3v) is 4.76. The molecule has 3 aromatic rings. The van der Waals surface area contributed by atoms with Crippen molar-refractivity contribution in [2.24, 2.45) is 0 Å². The van der Waals surface area contributed by atoms with Crippen molar-refractivity contribution in [2.45, 2.75) is 0 Å². The highest BCUT2D eigenvalue weighted by Crippen LogP contribution is 2.32. The summed E-state index contributed by atoms with van der Waals surface area (Å²) in [4.78, 5) is 12.1. The number of thiophene rings is 1. The van der Waals surface area contributed by atoms with Gasteiger partial charge in [0.1, 0.15) is 5.57 Å². The van der Waals surface area contributed by atoms with E-state index in [1.807, 2.05) is 23.6 Å². The van der Waals surface area contributed by atoms with Crippen LogP contribution in [0.15, 0.2) is 60.2 Å². The fourth-order valence-electron chi connectivity index (χ4n) is 2.56. The molecule has 1 aromatic heterocycles. The van der Waals surface area contributed by atoms with E-state index in [9.17, 15) is 4.79 Å². The molecule has 0 aliphatic heterocycles.